The standard InChI is InChI=1S/C35H40N4O2/c40-34(38-30-13-5-9-22-7-1-3-11-28(22)30)32-18-25-16-15-24(17-26(25)20-36-32)27-19-33(37-21-27)35(41)39-31-14-6-10-23-8-2-4-12-29(23)31/h1-4,7-8,11-12,15-17,27,30-33,36-37H,5-6,9-10,13-14,18-21H2,(H,38,40)(H,39,41). The maximum absolute atomic E-state index is 13.3. The Morgan fingerprint density at radius 2 is 1.32 bits per heavy atom. The van der Waals surface area contributed by atoms with Gasteiger partial charge in [-0.15, -0.1) is 0 Å². The van der Waals surface area contributed by atoms with Crippen molar-refractivity contribution in [3.8, 4) is 0 Å². The Bertz CT molecular complexity index is 1450. The molecule has 0 spiro atoms. The lowest BCUT2D eigenvalue weighted by Crippen LogP contribution is -2.48. The molecule has 2 aliphatic carbocycles. The zero-order valence-corrected chi connectivity index (χ0v) is 23.6. The van der Waals surface area contributed by atoms with Gasteiger partial charge in [0, 0.05) is 13.1 Å². The molecule has 7 rings (SSSR count). The fourth-order valence-electron chi connectivity index (χ4n) is 7.52. The van der Waals surface area contributed by atoms with Gasteiger partial charge in [-0.05, 0) is 96.2 Å². The van der Waals surface area contributed by atoms with Crippen LogP contribution in [-0.4, -0.2) is 30.4 Å². The van der Waals surface area contributed by atoms with E-state index in [9.17, 15) is 9.59 Å². The first-order chi connectivity index (χ1) is 20.1. The lowest BCUT2D eigenvalue weighted by Gasteiger charge is -2.30. The Morgan fingerprint density at radius 1 is 0.683 bits per heavy atom. The zero-order chi connectivity index (χ0) is 27.8. The fourth-order valence-corrected chi connectivity index (χ4v) is 7.52. The van der Waals surface area contributed by atoms with Gasteiger partial charge >= 0.3 is 0 Å². The topological polar surface area (TPSA) is 82.3 Å². The molecule has 4 N–H and O–H groups in total. The third kappa shape index (κ3) is 5.43. The number of hydrogen-bond acceptors (Lipinski definition) is 4. The molecule has 41 heavy (non-hydrogen) atoms. The number of carbonyl (C=O) groups excluding carboxylic acids is 2. The second-order valence-corrected chi connectivity index (χ2v) is 12.4. The first kappa shape index (κ1) is 26.4. The van der Waals surface area contributed by atoms with E-state index in [0.717, 1.165) is 51.5 Å². The number of hydrogen-bond donors (Lipinski definition) is 4. The molecule has 0 aromatic heterocycles. The molecule has 3 aromatic rings. The molecule has 1 fully saturated rings. The Kier molecular flexibility index (Phi) is 7.36. The Balaban J connectivity index is 0.957. The third-order valence-electron chi connectivity index (χ3n) is 9.80. The van der Waals surface area contributed by atoms with E-state index in [2.05, 4.69) is 88.0 Å². The molecule has 0 radical (unpaired) electrons. The SMILES string of the molecule is O=C(NC1CCCc2ccccc21)C1Cc2ccc(C3CNC(C(=O)NC4CCCc5ccccc54)C3)cc2CN1. The summed E-state index contributed by atoms with van der Waals surface area (Å²) in [4.78, 5) is 26.5. The fraction of sp³-hybridized carbons (Fsp3) is 0.429. The normalized spacial score (nSPS) is 26.8. The van der Waals surface area contributed by atoms with Crippen LogP contribution in [0.15, 0.2) is 66.7 Å². The molecule has 212 valence electrons. The Labute approximate surface area is 242 Å². The number of carbonyl (C=O) groups is 2. The highest BCUT2D eigenvalue weighted by Gasteiger charge is 2.33. The minimum absolute atomic E-state index is 0.0934. The molecule has 6 nitrogen and oxygen atoms in total. The lowest BCUT2D eigenvalue weighted by molar-refractivity contribution is -0.124. The molecule has 2 amide bonds. The van der Waals surface area contributed by atoms with E-state index < -0.39 is 0 Å². The monoisotopic (exact) mass is 548 g/mol. The number of rotatable bonds is 5. The van der Waals surface area contributed by atoms with E-state index in [1.807, 2.05) is 0 Å². The highest BCUT2D eigenvalue weighted by molar-refractivity contribution is 5.83. The van der Waals surface area contributed by atoms with E-state index in [1.54, 1.807) is 0 Å². The molecule has 2 heterocycles. The summed E-state index contributed by atoms with van der Waals surface area (Å²) in [6.45, 7) is 1.49. The molecule has 0 bridgehead atoms. The first-order valence-corrected chi connectivity index (χ1v) is 15.5. The smallest absolute Gasteiger partial charge is 0.237 e. The summed E-state index contributed by atoms with van der Waals surface area (Å²) in [5, 5.41) is 13.7. The molecule has 2 aliphatic heterocycles. The second kappa shape index (κ2) is 11.4. The lowest BCUT2D eigenvalue weighted by atomic mass is 9.86. The van der Waals surface area contributed by atoms with Crippen molar-refractivity contribution in [1.29, 1.82) is 0 Å². The van der Waals surface area contributed by atoms with Crippen LogP contribution in [-0.2, 0) is 35.4 Å². The summed E-state index contributed by atoms with van der Waals surface area (Å²) in [5.41, 5.74) is 9.06. The van der Waals surface area contributed by atoms with Gasteiger partial charge in [-0.25, -0.2) is 0 Å². The van der Waals surface area contributed by atoms with E-state index in [4.69, 9.17) is 0 Å². The molecule has 4 aliphatic rings. The molecular formula is C35H40N4O2. The predicted molar refractivity (Wildman–Crippen MR) is 160 cm³/mol. The van der Waals surface area contributed by atoms with Crippen LogP contribution < -0.4 is 21.3 Å². The van der Waals surface area contributed by atoms with Gasteiger partial charge in [0.15, 0.2) is 0 Å². The van der Waals surface area contributed by atoms with Crippen molar-refractivity contribution in [2.24, 2.45) is 0 Å². The van der Waals surface area contributed by atoms with Crippen molar-refractivity contribution in [2.75, 3.05) is 6.54 Å². The van der Waals surface area contributed by atoms with Gasteiger partial charge in [-0.1, -0.05) is 66.7 Å². The number of amides is 2. The summed E-state index contributed by atoms with van der Waals surface area (Å²) < 4.78 is 0. The van der Waals surface area contributed by atoms with Gasteiger partial charge < -0.3 is 21.3 Å². The second-order valence-electron chi connectivity index (χ2n) is 12.4. The first-order valence-electron chi connectivity index (χ1n) is 15.5. The molecule has 5 atom stereocenters. The van der Waals surface area contributed by atoms with Crippen LogP contribution in [0, 0.1) is 0 Å². The number of aryl methyl sites for hydroxylation is 2. The van der Waals surface area contributed by atoms with Crippen molar-refractivity contribution >= 4 is 11.8 Å². The van der Waals surface area contributed by atoms with Crippen LogP contribution in [0.2, 0.25) is 0 Å². The van der Waals surface area contributed by atoms with Crippen LogP contribution in [0.4, 0.5) is 0 Å². The van der Waals surface area contributed by atoms with Crippen molar-refractivity contribution in [2.45, 2.75) is 88.0 Å². The van der Waals surface area contributed by atoms with Gasteiger partial charge in [-0.3, -0.25) is 9.59 Å². The van der Waals surface area contributed by atoms with Crippen LogP contribution in [0.1, 0.15) is 89.0 Å². The summed E-state index contributed by atoms with van der Waals surface area (Å²) in [5.74, 6) is 0.515. The van der Waals surface area contributed by atoms with E-state index in [1.165, 1.54) is 38.9 Å². The summed E-state index contributed by atoms with van der Waals surface area (Å²) in [6.07, 6.45) is 7.92. The quantitative estimate of drug-likeness (QED) is 0.378. The van der Waals surface area contributed by atoms with E-state index >= 15 is 0 Å². The largest absolute Gasteiger partial charge is 0.348 e. The van der Waals surface area contributed by atoms with Crippen molar-refractivity contribution in [1.82, 2.24) is 21.3 Å². The van der Waals surface area contributed by atoms with Gasteiger partial charge in [0.05, 0.1) is 24.2 Å². The maximum atomic E-state index is 13.3. The van der Waals surface area contributed by atoms with Crippen molar-refractivity contribution in [3.63, 3.8) is 0 Å². The molecule has 3 aromatic carbocycles. The van der Waals surface area contributed by atoms with Crippen LogP contribution in [0.5, 0.6) is 0 Å². The number of fused-ring (bicyclic) bond motifs is 3. The maximum Gasteiger partial charge on any atom is 0.237 e. The molecule has 6 heteroatoms. The zero-order valence-electron chi connectivity index (χ0n) is 23.6. The Hall–Kier alpha value is -3.48. The highest BCUT2D eigenvalue weighted by Crippen LogP contribution is 2.33. The third-order valence-corrected chi connectivity index (χ3v) is 9.80. The molecule has 1 saturated heterocycles. The highest BCUT2D eigenvalue weighted by atomic mass is 16.2. The number of benzene rings is 3. The molecular weight excluding hydrogens is 508 g/mol. The molecule has 5 unspecified atom stereocenters. The minimum Gasteiger partial charge on any atom is -0.348 e. The summed E-state index contributed by atoms with van der Waals surface area (Å²) in [7, 11) is 0. The van der Waals surface area contributed by atoms with Gasteiger partial charge in [0.2, 0.25) is 11.8 Å². The van der Waals surface area contributed by atoms with Crippen LogP contribution >= 0.6 is 0 Å². The predicted octanol–water partition coefficient (Wildman–Crippen LogP) is 4.53. The van der Waals surface area contributed by atoms with Crippen LogP contribution in [0.3, 0.4) is 0 Å². The minimum atomic E-state index is -0.214. The summed E-state index contributed by atoms with van der Waals surface area (Å²) in [6, 6.07) is 23.5. The van der Waals surface area contributed by atoms with Crippen molar-refractivity contribution < 1.29 is 9.59 Å². The summed E-state index contributed by atoms with van der Waals surface area (Å²) >= 11 is 0. The Morgan fingerprint density at radius 3 is 2.00 bits per heavy atom. The van der Waals surface area contributed by atoms with Gasteiger partial charge in [-0.2, -0.15) is 0 Å². The van der Waals surface area contributed by atoms with Crippen molar-refractivity contribution in [3.05, 3.63) is 106 Å². The van der Waals surface area contributed by atoms with E-state index in [-0.39, 0.29) is 36.0 Å². The van der Waals surface area contributed by atoms with E-state index in [0.29, 0.717) is 18.9 Å². The average Bonchev–Trinajstić information content (AvgIpc) is 3.52. The van der Waals surface area contributed by atoms with Gasteiger partial charge in [0.1, 0.15) is 0 Å². The average molecular weight is 549 g/mol. The molecule has 0 saturated carbocycles. The van der Waals surface area contributed by atoms with Crippen LogP contribution in [0.25, 0.3) is 0 Å². The van der Waals surface area contributed by atoms with Gasteiger partial charge in [0.25, 0.3) is 0 Å². The number of nitrogens with one attached hydrogen (secondary N) is 4.